The standard InChI is InChI=1S/C13H9Cl2FO/c1-7-2-8(4-9(14)3-7)10-5-13(17)11(15)6-12(10)16/h2-6,17H,1H3. The molecular weight excluding hydrogens is 262 g/mol. The van der Waals surface area contributed by atoms with Gasteiger partial charge in [0, 0.05) is 10.6 Å². The Bertz CT molecular complexity index is 562. The fourth-order valence-corrected chi connectivity index (χ4v) is 2.09. The first-order valence-corrected chi connectivity index (χ1v) is 5.68. The predicted molar refractivity (Wildman–Crippen MR) is 68.3 cm³/mol. The van der Waals surface area contributed by atoms with Crippen LogP contribution in [0, 0.1) is 12.7 Å². The van der Waals surface area contributed by atoms with Crippen LogP contribution in [0.25, 0.3) is 11.1 Å². The SMILES string of the molecule is Cc1cc(Cl)cc(-c2cc(O)c(Cl)cc2F)c1. The Kier molecular flexibility index (Phi) is 3.27. The van der Waals surface area contributed by atoms with Crippen LogP contribution in [0.5, 0.6) is 5.75 Å². The molecule has 17 heavy (non-hydrogen) atoms. The molecule has 0 aromatic heterocycles. The third kappa shape index (κ3) is 2.54. The Morgan fingerprint density at radius 1 is 1.06 bits per heavy atom. The fraction of sp³-hybridized carbons (Fsp3) is 0.0769. The fourth-order valence-electron chi connectivity index (χ4n) is 1.65. The predicted octanol–water partition coefficient (Wildman–Crippen LogP) is 4.81. The number of phenolic OH excluding ortho intramolecular Hbond substituents is 1. The molecule has 0 bridgehead atoms. The second-order valence-corrected chi connectivity index (χ2v) is 4.64. The molecule has 2 rings (SSSR count). The summed E-state index contributed by atoms with van der Waals surface area (Å²) in [4.78, 5) is 0. The number of halogens is 3. The van der Waals surface area contributed by atoms with Crippen LogP contribution < -0.4 is 0 Å². The van der Waals surface area contributed by atoms with E-state index in [-0.39, 0.29) is 16.3 Å². The molecule has 0 radical (unpaired) electrons. The average molecular weight is 271 g/mol. The average Bonchev–Trinajstić information content (AvgIpc) is 2.22. The second kappa shape index (κ2) is 4.55. The number of aromatic hydroxyl groups is 1. The Hall–Kier alpha value is -1.25. The molecule has 0 fully saturated rings. The highest BCUT2D eigenvalue weighted by atomic mass is 35.5. The summed E-state index contributed by atoms with van der Waals surface area (Å²) in [6.45, 7) is 1.86. The van der Waals surface area contributed by atoms with Crippen molar-refractivity contribution in [1.29, 1.82) is 0 Å². The third-order valence-electron chi connectivity index (χ3n) is 2.39. The molecule has 0 spiro atoms. The van der Waals surface area contributed by atoms with E-state index in [0.29, 0.717) is 10.6 Å². The Morgan fingerprint density at radius 2 is 1.76 bits per heavy atom. The van der Waals surface area contributed by atoms with Gasteiger partial charge in [0.15, 0.2) is 0 Å². The van der Waals surface area contributed by atoms with Crippen LogP contribution in [-0.4, -0.2) is 5.11 Å². The van der Waals surface area contributed by atoms with Gasteiger partial charge in [-0.2, -0.15) is 0 Å². The molecule has 0 aliphatic heterocycles. The lowest BCUT2D eigenvalue weighted by molar-refractivity contribution is 0.474. The highest BCUT2D eigenvalue weighted by Gasteiger charge is 2.10. The van der Waals surface area contributed by atoms with Crippen molar-refractivity contribution in [1.82, 2.24) is 0 Å². The Labute approximate surface area is 108 Å². The zero-order valence-electron chi connectivity index (χ0n) is 8.97. The van der Waals surface area contributed by atoms with E-state index in [1.54, 1.807) is 18.2 Å². The zero-order valence-corrected chi connectivity index (χ0v) is 10.5. The number of benzene rings is 2. The van der Waals surface area contributed by atoms with Crippen LogP contribution >= 0.6 is 23.2 Å². The van der Waals surface area contributed by atoms with E-state index in [4.69, 9.17) is 23.2 Å². The van der Waals surface area contributed by atoms with Gasteiger partial charge in [-0.15, -0.1) is 0 Å². The van der Waals surface area contributed by atoms with Gasteiger partial charge in [-0.25, -0.2) is 4.39 Å². The zero-order chi connectivity index (χ0) is 12.6. The summed E-state index contributed by atoms with van der Waals surface area (Å²) in [7, 11) is 0. The van der Waals surface area contributed by atoms with Gasteiger partial charge in [-0.3, -0.25) is 0 Å². The van der Waals surface area contributed by atoms with Crippen LogP contribution in [0.15, 0.2) is 30.3 Å². The van der Waals surface area contributed by atoms with E-state index in [9.17, 15) is 9.50 Å². The normalized spacial score (nSPS) is 10.6. The number of hydrogen-bond donors (Lipinski definition) is 1. The molecule has 0 atom stereocenters. The van der Waals surface area contributed by atoms with Crippen LogP contribution in [-0.2, 0) is 0 Å². The molecule has 2 aromatic rings. The number of aryl methyl sites for hydroxylation is 1. The molecule has 0 saturated heterocycles. The van der Waals surface area contributed by atoms with Gasteiger partial charge in [-0.05, 0) is 42.3 Å². The molecule has 4 heteroatoms. The molecule has 88 valence electrons. The minimum absolute atomic E-state index is 0.00926. The first kappa shape index (κ1) is 12.2. The molecule has 1 N–H and O–H groups in total. The van der Waals surface area contributed by atoms with Crippen LogP contribution in [0.3, 0.4) is 0 Å². The molecular formula is C13H9Cl2FO. The minimum Gasteiger partial charge on any atom is -0.506 e. The Balaban J connectivity index is 2.64. The Morgan fingerprint density at radius 3 is 2.41 bits per heavy atom. The summed E-state index contributed by atoms with van der Waals surface area (Å²) in [6, 6.07) is 7.59. The molecule has 0 saturated carbocycles. The summed E-state index contributed by atoms with van der Waals surface area (Å²) >= 11 is 11.5. The second-order valence-electron chi connectivity index (χ2n) is 3.80. The first-order valence-electron chi connectivity index (χ1n) is 4.93. The molecule has 0 heterocycles. The van der Waals surface area contributed by atoms with E-state index in [1.807, 2.05) is 6.92 Å². The van der Waals surface area contributed by atoms with Gasteiger partial charge in [0.1, 0.15) is 11.6 Å². The van der Waals surface area contributed by atoms with Crippen molar-refractivity contribution < 1.29 is 9.50 Å². The number of rotatable bonds is 1. The van der Waals surface area contributed by atoms with Crippen molar-refractivity contribution in [3.63, 3.8) is 0 Å². The van der Waals surface area contributed by atoms with Gasteiger partial charge < -0.3 is 5.11 Å². The summed E-state index contributed by atoms with van der Waals surface area (Å²) < 4.78 is 13.7. The minimum atomic E-state index is -0.491. The molecule has 0 unspecified atom stereocenters. The monoisotopic (exact) mass is 270 g/mol. The summed E-state index contributed by atoms with van der Waals surface area (Å²) in [5.41, 5.74) is 1.80. The quantitative estimate of drug-likeness (QED) is 0.788. The third-order valence-corrected chi connectivity index (χ3v) is 2.91. The van der Waals surface area contributed by atoms with E-state index < -0.39 is 5.82 Å². The van der Waals surface area contributed by atoms with E-state index in [0.717, 1.165) is 11.6 Å². The van der Waals surface area contributed by atoms with Gasteiger partial charge in [-0.1, -0.05) is 29.3 Å². The van der Waals surface area contributed by atoms with Crippen LogP contribution in [0.4, 0.5) is 4.39 Å². The smallest absolute Gasteiger partial charge is 0.135 e. The highest BCUT2D eigenvalue weighted by Crippen LogP contribution is 2.33. The van der Waals surface area contributed by atoms with Crippen molar-refractivity contribution in [2.45, 2.75) is 6.92 Å². The van der Waals surface area contributed by atoms with Crippen LogP contribution in [0.2, 0.25) is 10.0 Å². The maximum absolute atomic E-state index is 13.7. The molecule has 0 amide bonds. The lowest BCUT2D eigenvalue weighted by Gasteiger charge is -2.07. The van der Waals surface area contributed by atoms with Gasteiger partial charge in [0.2, 0.25) is 0 Å². The summed E-state index contributed by atoms with van der Waals surface area (Å²) in [5, 5.41) is 10.0. The van der Waals surface area contributed by atoms with Crippen molar-refractivity contribution in [3.05, 3.63) is 51.8 Å². The number of phenols is 1. The molecule has 1 nitrogen and oxygen atoms in total. The van der Waals surface area contributed by atoms with Crippen molar-refractivity contribution in [2.75, 3.05) is 0 Å². The molecule has 0 aliphatic rings. The van der Waals surface area contributed by atoms with Gasteiger partial charge in [0.25, 0.3) is 0 Å². The van der Waals surface area contributed by atoms with E-state index >= 15 is 0 Å². The lowest BCUT2D eigenvalue weighted by Crippen LogP contribution is -1.86. The first-order chi connectivity index (χ1) is 7.97. The van der Waals surface area contributed by atoms with Crippen molar-refractivity contribution in [2.24, 2.45) is 0 Å². The summed E-state index contributed by atoms with van der Waals surface area (Å²) in [6.07, 6.45) is 0. The van der Waals surface area contributed by atoms with E-state index in [2.05, 4.69) is 0 Å². The molecule has 0 aliphatic carbocycles. The van der Waals surface area contributed by atoms with Crippen molar-refractivity contribution in [3.8, 4) is 16.9 Å². The lowest BCUT2D eigenvalue weighted by atomic mass is 10.0. The van der Waals surface area contributed by atoms with E-state index in [1.165, 1.54) is 6.07 Å². The van der Waals surface area contributed by atoms with Gasteiger partial charge in [0.05, 0.1) is 5.02 Å². The largest absolute Gasteiger partial charge is 0.506 e. The number of hydrogen-bond acceptors (Lipinski definition) is 1. The molecule has 2 aromatic carbocycles. The maximum Gasteiger partial charge on any atom is 0.135 e. The highest BCUT2D eigenvalue weighted by molar-refractivity contribution is 6.32. The van der Waals surface area contributed by atoms with Crippen molar-refractivity contribution >= 4 is 23.2 Å². The maximum atomic E-state index is 13.7. The topological polar surface area (TPSA) is 20.2 Å². The summed E-state index contributed by atoms with van der Waals surface area (Å²) in [5.74, 6) is -0.643. The van der Waals surface area contributed by atoms with Gasteiger partial charge >= 0.3 is 0 Å². The van der Waals surface area contributed by atoms with Crippen LogP contribution in [0.1, 0.15) is 5.56 Å².